The van der Waals surface area contributed by atoms with Crippen molar-refractivity contribution in [1.29, 1.82) is 0 Å². The van der Waals surface area contributed by atoms with E-state index in [1.165, 1.54) is 43.7 Å². The van der Waals surface area contributed by atoms with E-state index in [0.29, 0.717) is 5.41 Å². The Hall–Kier alpha value is -0.830. The summed E-state index contributed by atoms with van der Waals surface area (Å²) >= 11 is 0. The summed E-state index contributed by atoms with van der Waals surface area (Å²) in [5.41, 5.74) is 3.12. The Kier molecular flexibility index (Phi) is 3.33. The predicted octanol–water partition coefficient (Wildman–Crippen LogP) is 1.91. The van der Waals surface area contributed by atoms with Crippen molar-refractivity contribution in [2.75, 3.05) is 13.1 Å². The molecule has 0 atom stereocenters. The van der Waals surface area contributed by atoms with Gasteiger partial charge in [-0.1, -0.05) is 20.3 Å². The van der Waals surface area contributed by atoms with Crippen molar-refractivity contribution in [2.45, 2.75) is 39.5 Å². The number of nitrogens with zero attached hydrogens (tertiary/aromatic N) is 2. The molecule has 0 radical (unpaired) electrons. The summed E-state index contributed by atoms with van der Waals surface area (Å²) in [6, 6.07) is 2.27. The number of aromatic nitrogens is 2. The van der Waals surface area contributed by atoms with Gasteiger partial charge >= 0.3 is 0 Å². The molecule has 90 valence electrons. The van der Waals surface area contributed by atoms with Crippen LogP contribution in [-0.4, -0.2) is 22.9 Å². The maximum absolute atomic E-state index is 4.53. The first-order chi connectivity index (χ1) is 7.69. The molecular formula is C13H23N3. The summed E-state index contributed by atoms with van der Waals surface area (Å²) in [5, 5.41) is 7.95. The van der Waals surface area contributed by atoms with Crippen molar-refractivity contribution in [2.24, 2.45) is 12.5 Å². The van der Waals surface area contributed by atoms with Gasteiger partial charge in [-0.2, -0.15) is 5.10 Å². The molecule has 0 amide bonds. The van der Waals surface area contributed by atoms with E-state index in [1.54, 1.807) is 0 Å². The molecule has 1 aromatic rings. The maximum Gasteiger partial charge on any atom is 0.0624 e. The lowest BCUT2D eigenvalue weighted by molar-refractivity contribution is 0.147. The van der Waals surface area contributed by atoms with E-state index in [0.717, 1.165) is 6.42 Å². The zero-order chi connectivity index (χ0) is 11.6. The quantitative estimate of drug-likeness (QED) is 0.823. The summed E-state index contributed by atoms with van der Waals surface area (Å²) < 4.78 is 2.06. The van der Waals surface area contributed by atoms with Crippen LogP contribution < -0.4 is 5.32 Å². The molecule has 3 heteroatoms. The van der Waals surface area contributed by atoms with Crippen LogP contribution in [0, 0.1) is 5.41 Å². The highest BCUT2D eigenvalue weighted by Gasteiger charge is 2.36. The third-order valence-corrected chi connectivity index (χ3v) is 3.73. The molecule has 3 nitrogen and oxygen atoms in total. The van der Waals surface area contributed by atoms with Gasteiger partial charge in [0.15, 0.2) is 0 Å². The van der Waals surface area contributed by atoms with Gasteiger partial charge in [-0.3, -0.25) is 4.68 Å². The molecule has 0 spiro atoms. The van der Waals surface area contributed by atoms with E-state index in [1.807, 2.05) is 0 Å². The van der Waals surface area contributed by atoms with Gasteiger partial charge in [0.05, 0.1) is 5.69 Å². The third-order valence-electron chi connectivity index (χ3n) is 3.73. The minimum Gasteiger partial charge on any atom is -0.316 e. The zero-order valence-corrected chi connectivity index (χ0v) is 10.7. The molecular weight excluding hydrogens is 198 g/mol. The highest BCUT2D eigenvalue weighted by Crippen LogP contribution is 2.32. The Morgan fingerprint density at radius 1 is 1.44 bits per heavy atom. The van der Waals surface area contributed by atoms with E-state index in [4.69, 9.17) is 0 Å². The molecule has 1 fully saturated rings. The fraction of sp³-hybridized carbons (Fsp3) is 0.769. The summed E-state index contributed by atoms with van der Waals surface area (Å²) in [4.78, 5) is 0. The fourth-order valence-electron chi connectivity index (χ4n) is 2.69. The fourth-order valence-corrected chi connectivity index (χ4v) is 2.69. The number of rotatable bonds is 5. The van der Waals surface area contributed by atoms with E-state index >= 15 is 0 Å². The van der Waals surface area contributed by atoms with E-state index < -0.39 is 0 Å². The Labute approximate surface area is 98.2 Å². The topological polar surface area (TPSA) is 29.9 Å². The Morgan fingerprint density at radius 3 is 2.62 bits per heavy atom. The van der Waals surface area contributed by atoms with Crippen molar-refractivity contribution in [3.05, 3.63) is 17.5 Å². The normalized spacial score (nSPS) is 18.4. The number of aryl methyl sites for hydroxylation is 2. The minimum absolute atomic E-state index is 0.507. The first-order valence-electron chi connectivity index (χ1n) is 6.41. The average Bonchev–Trinajstić information content (AvgIpc) is 2.56. The van der Waals surface area contributed by atoms with Gasteiger partial charge in [0.25, 0.3) is 0 Å². The van der Waals surface area contributed by atoms with Crippen molar-refractivity contribution >= 4 is 0 Å². The van der Waals surface area contributed by atoms with Gasteiger partial charge < -0.3 is 5.32 Å². The molecule has 1 aliphatic rings. The van der Waals surface area contributed by atoms with Gasteiger partial charge in [-0.25, -0.2) is 0 Å². The Morgan fingerprint density at radius 2 is 2.19 bits per heavy atom. The van der Waals surface area contributed by atoms with Gasteiger partial charge in [-0.15, -0.1) is 0 Å². The molecule has 1 N–H and O–H groups in total. The van der Waals surface area contributed by atoms with Crippen molar-refractivity contribution in [3.63, 3.8) is 0 Å². The molecule has 2 rings (SSSR count). The summed E-state index contributed by atoms with van der Waals surface area (Å²) in [7, 11) is 2.07. The first kappa shape index (κ1) is 11.6. The smallest absolute Gasteiger partial charge is 0.0624 e. The van der Waals surface area contributed by atoms with Crippen LogP contribution >= 0.6 is 0 Å². The summed E-state index contributed by atoms with van der Waals surface area (Å²) in [6.45, 7) is 6.79. The SMILES string of the molecule is CCCC1(Cc2cc(CC)nn2C)CNC1. The molecule has 0 unspecified atom stereocenters. The number of hydrogen-bond donors (Lipinski definition) is 1. The highest BCUT2D eigenvalue weighted by molar-refractivity contribution is 5.14. The predicted molar refractivity (Wildman–Crippen MR) is 66.5 cm³/mol. The maximum atomic E-state index is 4.53. The third kappa shape index (κ3) is 2.14. The second kappa shape index (κ2) is 4.58. The number of hydrogen-bond acceptors (Lipinski definition) is 2. The van der Waals surface area contributed by atoms with Gasteiger partial charge in [0, 0.05) is 31.2 Å². The van der Waals surface area contributed by atoms with E-state index in [9.17, 15) is 0 Å². The second-order valence-corrected chi connectivity index (χ2v) is 5.13. The minimum atomic E-state index is 0.507. The molecule has 0 aliphatic carbocycles. The van der Waals surface area contributed by atoms with Gasteiger partial charge in [0.2, 0.25) is 0 Å². The van der Waals surface area contributed by atoms with Crippen molar-refractivity contribution < 1.29 is 0 Å². The molecule has 1 aliphatic heterocycles. The molecule has 16 heavy (non-hydrogen) atoms. The largest absolute Gasteiger partial charge is 0.316 e. The van der Waals surface area contributed by atoms with Gasteiger partial charge in [-0.05, 0) is 25.3 Å². The summed E-state index contributed by atoms with van der Waals surface area (Å²) in [6.07, 6.45) is 4.82. The average molecular weight is 221 g/mol. The zero-order valence-electron chi connectivity index (χ0n) is 10.7. The van der Waals surface area contributed by atoms with Crippen LogP contribution in [-0.2, 0) is 19.9 Å². The molecule has 0 aromatic carbocycles. The van der Waals surface area contributed by atoms with Crippen LogP contribution in [0.5, 0.6) is 0 Å². The van der Waals surface area contributed by atoms with Crippen LogP contribution in [0.1, 0.15) is 38.1 Å². The van der Waals surface area contributed by atoms with Crippen LogP contribution in [0.4, 0.5) is 0 Å². The molecule has 1 aromatic heterocycles. The lowest BCUT2D eigenvalue weighted by Crippen LogP contribution is -2.54. The Bertz CT molecular complexity index is 350. The first-order valence-corrected chi connectivity index (χ1v) is 6.41. The van der Waals surface area contributed by atoms with Gasteiger partial charge in [0.1, 0.15) is 0 Å². The lowest BCUT2D eigenvalue weighted by atomic mass is 9.74. The molecule has 0 saturated carbocycles. The van der Waals surface area contributed by atoms with Crippen LogP contribution in [0.25, 0.3) is 0 Å². The second-order valence-electron chi connectivity index (χ2n) is 5.13. The monoisotopic (exact) mass is 221 g/mol. The summed E-state index contributed by atoms with van der Waals surface area (Å²) in [5.74, 6) is 0. The van der Waals surface area contributed by atoms with Crippen molar-refractivity contribution in [3.8, 4) is 0 Å². The van der Waals surface area contributed by atoms with Crippen LogP contribution in [0.2, 0.25) is 0 Å². The number of nitrogens with one attached hydrogen (secondary N) is 1. The van der Waals surface area contributed by atoms with E-state index in [2.05, 4.69) is 42.1 Å². The van der Waals surface area contributed by atoms with Crippen LogP contribution in [0.15, 0.2) is 6.07 Å². The standard InChI is InChI=1S/C13H23N3/c1-4-6-13(9-14-10-13)8-12-7-11(5-2)15-16(12)3/h7,14H,4-6,8-10H2,1-3H3. The molecule has 0 bridgehead atoms. The lowest BCUT2D eigenvalue weighted by Gasteiger charge is -2.43. The van der Waals surface area contributed by atoms with Crippen molar-refractivity contribution in [1.82, 2.24) is 15.1 Å². The Balaban J connectivity index is 2.09. The van der Waals surface area contributed by atoms with E-state index in [-0.39, 0.29) is 0 Å². The molecule has 1 saturated heterocycles. The van der Waals surface area contributed by atoms with Crippen LogP contribution in [0.3, 0.4) is 0 Å². The highest BCUT2D eigenvalue weighted by atomic mass is 15.3. The molecule has 2 heterocycles.